The average Bonchev–Trinajstić information content (AvgIpc) is 2.93. The van der Waals surface area contributed by atoms with Gasteiger partial charge in [0, 0.05) is 0 Å². The normalized spacial score (nSPS) is 14.1. The molecule has 0 amide bonds. The van der Waals surface area contributed by atoms with Crippen molar-refractivity contribution in [1.82, 2.24) is 5.32 Å². The first-order valence-corrected chi connectivity index (χ1v) is 16.6. The van der Waals surface area contributed by atoms with Crippen LogP contribution in [0.2, 0.25) is 0 Å². The van der Waals surface area contributed by atoms with E-state index in [4.69, 9.17) is 18.1 Å². The van der Waals surface area contributed by atoms with Crippen LogP contribution in [0, 0.1) is 0 Å². The van der Waals surface area contributed by atoms with Gasteiger partial charge in [-0.15, -0.1) is 0 Å². The molecule has 0 aliphatic carbocycles. The molecule has 0 radical (unpaired) electrons. The highest BCUT2D eigenvalue weighted by Gasteiger charge is 2.45. The lowest BCUT2D eigenvalue weighted by atomic mass is 10.1. The van der Waals surface area contributed by atoms with Crippen LogP contribution in [-0.2, 0) is 27.2 Å². The van der Waals surface area contributed by atoms with Crippen molar-refractivity contribution < 1.29 is 27.2 Å². The Bertz CT molecular complexity index is 1360. The summed E-state index contributed by atoms with van der Waals surface area (Å²) in [5.41, 5.74) is 1.37. The molecule has 0 aromatic heterocycles. The predicted molar refractivity (Wildman–Crippen MR) is 158 cm³/mol. The average molecular weight is 570 g/mol. The second-order valence-electron chi connectivity index (χ2n) is 8.94. The first kappa shape index (κ1) is 29.6. The van der Waals surface area contributed by atoms with E-state index in [-0.39, 0.29) is 26.4 Å². The maximum absolute atomic E-state index is 14.4. The molecule has 4 aromatic rings. The van der Waals surface area contributed by atoms with Gasteiger partial charge in [-0.1, -0.05) is 72.8 Å². The Morgan fingerprint density at radius 2 is 0.872 bits per heavy atom. The fourth-order valence-corrected chi connectivity index (χ4v) is 8.76. The molecule has 208 valence electrons. The van der Waals surface area contributed by atoms with Gasteiger partial charge < -0.3 is 18.1 Å². The topological polar surface area (TPSA) is 83.1 Å². The van der Waals surface area contributed by atoms with Gasteiger partial charge in [0.25, 0.3) is 0 Å². The molecule has 0 fully saturated rings. The molecule has 1 N–H and O–H groups in total. The van der Waals surface area contributed by atoms with Crippen molar-refractivity contribution in [2.45, 2.75) is 39.3 Å². The smallest absolute Gasteiger partial charge is 0.308 e. The Balaban J connectivity index is 1.91. The summed E-state index contributed by atoms with van der Waals surface area (Å²) in [6.45, 7) is 7.81. The molecule has 0 spiro atoms. The van der Waals surface area contributed by atoms with E-state index in [1.165, 1.54) is 0 Å². The number of hydrogen-bond donors (Lipinski definition) is 1. The Morgan fingerprint density at radius 3 is 1.21 bits per heavy atom. The maximum Gasteiger partial charge on any atom is 0.351 e. The zero-order valence-corrected chi connectivity index (χ0v) is 24.7. The highest BCUT2D eigenvalue weighted by Crippen LogP contribution is 2.65. The van der Waals surface area contributed by atoms with Crippen molar-refractivity contribution in [3.63, 3.8) is 0 Å². The van der Waals surface area contributed by atoms with Crippen LogP contribution in [-0.4, -0.2) is 26.4 Å². The van der Waals surface area contributed by atoms with Gasteiger partial charge in [-0.3, -0.25) is 14.4 Å². The van der Waals surface area contributed by atoms with Crippen molar-refractivity contribution in [2.24, 2.45) is 0 Å². The van der Waals surface area contributed by atoms with Gasteiger partial charge in [-0.2, -0.15) is 0 Å². The molecule has 0 saturated carbocycles. The summed E-state index contributed by atoms with van der Waals surface area (Å²) in [5.74, 6) is -1.90. The van der Waals surface area contributed by atoms with E-state index in [0.717, 1.165) is 21.5 Å². The molecule has 0 aliphatic rings. The van der Waals surface area contributed by atoms with E-state index in [1.54, 1.807) is 27.7 Å². The fraction of sp³-hybridized carbons (Fsp3) is 0.333. The predicted octanol–water partition coefficient (Wildman–Crippen LogP) is 8.81. The van der Waals surface area contributed by atoms with Gasteiger partial charge in [0.15, 0.2) is 0 Å². The number of hydrogen-bond acceptors (Lipinski definition) is 7. The van der Waals surface area contributed by atoms with Crippen LogP contribution in [0.15, 0.2) is 84.9 Å². The van der Waals surface area contributed by atoms with Crippen LogP contribution < -0.4 is 5.32 Å². The molecule has 39 heavy (non-hydrogen) atoms. The molecular weight excluding hydrogens is 532 g/mol. The van der Waals surface area contributed by atoms with Crippen LogP contribution in [0.3, 0.4) is 0 Å². The van der Waals surface area contributed by atoms with Crippen LogP contribution in [0.25, 0.3) is 21.5 Å². The van der Waals surface area contributed by atoms with E-state index in [2.05, 4.69) is 5.32 Å². The SMILES string of the molecule is CCOP(=O)(OCC)[C@H](N[C@@H](c1ccc2ccccc2c1)P(=O)(OCC)OCC)c1ccc2ccccc2c1. The number of rotatable bonds is 14. The van der Waals surface area contributed by atoms with Crippen LogP contribution in [0.1, 0.15) is 50.4 Å². The molecule has 0 bridgehead atoms. The van der Waals surface area contributed by atoms with Crippen molar-refractivity contribution >= 4 is 36.7 Å². The van der Waals surface area contributed by atoms with Gasteiger partial charge in [-0.05, 0) is 72.5 Å². The van der Waals surface area contributed by atoms with Gasteiger partial charge in [-0.25, -0.2) is 0 Å². The third-order valence-electron chi connectivity index (χ3n) is 6.36. The highest BCUT2D eigenvalue weighted by atomic mass is 31.2. The summed E-state index contributed by atoms with van der Waals surface area (Å²) in [6.07, 6.45) is 0. The van der Waals surface area contributed by atoms with E-state index in [1.807, 2.05) is 84.9 Å². The summed E-state index contributed by atoms with van der Waals surface area (Å²) < 4.78 is 52.1. The first-order chi connectivity index (χ1) is 18.9. The summed E-state index contributed by atoms with van der Waals surface area (Å²) in [5, 5.41) is 7.45. The molecule has 0 aliphatic heterocycles. The minimum atomic E-state index is -3.80. The van der Waals surface area contributed by atoms with Gasteiger partial charge in [0.1, 0.15) is 11.6 Å². The molecule has 7 nitrogen and oxygen atoms in total. The molecular formula is C30H37NO6P2. The Labute approximate surface area is 230 Å². The highest BCUT2D eigenvalue weighted by molar-refractivity contribution is 7.55. The second kappa shape index (κ2) is 13.3. The fourth-order valence-electron chi connectivity index (χ4n) is 4.74. The lowest BCUT2D eigenvalue weighted by Crippen LogP contribution is -2.29. The third kappa shape index (κ3) is 6.70. The summed E-state index contributed by atoms with van der Waals surface area (Å²) in [4.78, 5) is 0. The largest absolute Gasteiger partial charge is 0.351 e. The number of nitrogens with one attached hydrogen (secondary N) is 1. The van der Waals surface area contributed by atoms with Crippen molar-refractivity contribution in [3.05, 3.63) is 96.1 Å². The van der Waals surface area contributed by atoms with Crippen molar-refractivity contribution in [2.75, 3.05) is 26.4 Å². The monoisotopic (exact) mass is 569 g/mol. The lowest BCUT2D eigenvalue weighted by molar-refractivity contribution is 0.196. The molecule has 2 atom stereocenters. The van der Waals surface area contributed by atoms with E-state index in [9.17, 15) is 9.13 Å². The molecule has 9 heteroatoms. The summed E-state index contributed by atoms with van der Waals surface area (Å²) >= 11 is 0. The first-order valence-electron chi connectivity index (χ1n) is 13.4. The van der Waals surface area contributed by atoms with E-state index in [0.29, 0.717) is 11.1 Å². The maximum atomic E-state index is 14.4. The summed E-state index contributed by atoms with van der Waals surface area (Å²) in [7, 11) is -7.61. The quantitative estimate of drug-likeness (QED) is 0.152. The molecule has 4 rings (SSSR count). The van der Waals surface area contributed by atoms with Crippen molar-refractivity contribution in [1.29, 1.82) is 0 Å². The van der Waals surface area contributed by atoms with E-state index < -0.39 is 26.8 Å². The second-order valence-corrected chi connectivity index (χ2v) is 13.2. The Kier molecular flexibility index (Phi) is 10.1. The minimum Gasteiger partial charge on any atom is -0.308 e. The molecule has 0 heterocycles. The van der Waals surface area contributed by atoms with Gasteiger partial charge in [0.05, 0.1) is 26.4 Å². The number of fused-ring (bicyclic) bond motifs is 2. The van der Waals surface area contributed by atoms with Crippen LogP contribution >= 0.6 is 15.2 Å². The Morgan fingerprint density at radius 1 is 0.538 bits per heavy atom. The standard InChI is InChI=1S/C30H37NO6P2/c1-5-34-38(32,35-6-2)29(27-19-17-23-13-9-11-15-25(23)21-27)31-30(39(33,36-7-3)37-8-4)28-20-18-24-14-10-12-16-26(24)22-28/h9-22,29-31H,5-8H2,1-4H3/t29-,30+. The minimum absolute atomic E-state index is 0.179. The number of benzene rings is 4. The van der Waals surface area contributed by atoms with Crippen LogP contribution in [0.4, 0.5) is 0 Å². The van der Waals surface area contributed by atoms with E-state index >= 15 is 0 Å². The van der Waals surface area contributed by atoms with Gasteiger partial charge >= 0.3 is 15.2 Å². The zero-order valence-electron chi connectivity index (χ0n) is 22.9. The lowest BCUT2D eigenvalue weighted by Gasteiger charge is -2.34. The molecule has 0 unspecified atom stereocenters. The molecule has 4 aromatic carbocycles. The van der Waals surface area contributed by atoms with Crippen LogP contribution in [0.5, 0.6) is 0 Å². The third-order valence-corrected chi connectivity index (χ3v) is 11.0. The zero-order chi connectivity index (χ0) is 27.9. The molecule has 0 saturated heterocycles. The Hall–Kier alpha value is -2.34. The summed E-state index contributed by atoms with van der Waals surface area (Å²) in [6, 6.07) is 27.5. The van der Waals surface area contributed by atoms with Crippen molar-refractivity contribution in [3.8, 4) is 0 Å². The van der Waals surface area contributed by atoms with Gasteiger partial charge in [0.2, 0.25) is 0 Å².